The van der Waals surface area contributed by atoms with E-state index in [-0.39, 0.29) is 6.29 Å². The first-order valence-electron chi connectivity index (χ1n) is 7.48. The maximum absolute atomic E-state index is 9.95. The van der Waals surface area contributed by atoms with Gasteiger partial charge in [0.15, 0.2) is 0 Å². The molecule has 3 aliphatic rings. The zero-order valence-electron chi connectivity index (χ0n) is 12.1. The summed E-state index contributed by atoms with van der Waals surface area (Å²) >= 11 is 0. The van der Waals surface area contributed by atoms with Crippen molar-refractivity contribution in [2.45, 2.75) is 31.7 Å². The highest BCUT2D eigenvalue weighted by Crippen LogP contribution is 2.36. The molecule has 4 rings (SSSR count). The minimum absolute atomic E-state index is 0.260. The van der Waals surface area contributed by atoms with E-state index in [0.717, 1.165) is 19.5 Å². The van der Waals surface area contributed by atoms with E-state index in [9.17, 15) is 5.21 Å². The molecule has 2 bridgehead atoms. The standard InChI is InChI=1S/C16H20N4O/c1-12-4-2-5-13(8-12)18-10-15-9-14(18)11-19(15)16-17-6-3-7-20(16)21/h2-8,14-16,21H,9-11H2,1H3/t14-,15-,16?/m0/s1. The van der Waals surface area contributed by atoms with Crippen LogP contribution in [0.5, 0.6) is 0 Å². The first-order valence-corrected chi connectivity index (χ1v) is 7.48. The molecule has 2 fully saturated rings. The van der Waals surface area contributed by atoms with Gasteiger partial charge in [-0.1, -0.05) is 12.1 Å². The number of benzene rings is 1. The van der Waals surface area contributed by atoms with Crippen molar-refractivity contribution >= 4 is 11.9 Å². The summed E-state index contributed by atoms with van der Waals surface area (Å²) in [5.41, 5.74) is 2.62. The monoisotopic (exact) mass is 284 g/mol. The van der Waals surface area contributed by atoms with E-state index in [1.165, 1.54) is 16.3 Å². The minimum Gasteiger partial charge on any atom is -0.366 e. The van der Waals surface area contributed by atoms with Crippen LogP contribution in [-0.4, -0.2) is 52.8 Å². The van der Waals surface area contributed by atoms with E-state index >= 15 is 0 Å². The van der Waals surface area contributed by atoms with E-state index in [1.807, 2.05) is 0 Å². The van der Waals surface area contributed by atoms with Crippen LogP contribution >= 0.6 is 0 Å². The lowest BCUT2D eigenvalue weighted by molar-refractivity contribution is -0.134. The highest BCUT2D eigenvalue weighted by atomic mass is 16.5. The third kappa shape index (κ3) is 2.13. The molecule has 1 aromatic rings. The van der Waals surface area contributed by atoms with Crippen LogP contribution in [0.3, 0.4) is 0 Å². The van der Waals surface area contributed by atoms with Crippen molar-refractivity contribution < 1.29 is 5.21 Å². The number of fused-ring (bicyclic) bond motifs is 2. The lowest BCUT2D eigenvalue weighted by Gasteiger charge is -2.40. The zero-order valence-corrected chi connectivity index (χ0v) is 12.1. The number of rotatable bonds is 2. The average Bonchev–Trinajstić information content (AvgIpc) is 3.08. The molecule has 0 spiro atoms. The van der Waals surface area contributed by atoms with Gasteiger partial charge in [0.2, 0.25) is 6.29 Å². The molecule has 3 atom stereocenters. The number of hydrogen-bond donors (Lipinski definition) is 1. The molecule has 0 amide bonds. The Hall–Kier alpha value is -1.85. The fraction of sp³-hybridized carbons (Fsp3) is 0.438. The van der Waals surface area contributed by atoms with E-state index in [4.69, 9.17) is 0 Å². The fourth-order valence-electron chi connectivity index (χ4n) is 3.74. The van der Waals surface area contributed by atoms with Gasteiger partial charge in [0.1, 0.15) is 0 Å². The van der Waals surface area contributed by atoms with Crippen LogP contribution < -0.4 is 4.90 Å². The third-order valence-electron chi connectivity index (χ3n) is 4.69. The number of anilines is 1. The molecule has 5 heteroatoms. The smallest absolute Gasteiger partial charge is 0.201 e. The van der Waals surface area contributed by atoms with Crippen molar-refractivity contribution in [3.63, 3.8) is 0 Å². The Bertz CT molecular complexity index is 600. The Kier molecular flexibility index (Phi) is 2.97. The van der Waals surface area contributed by atoms with E-state index < -0.39 is 0 Å². The second-order valence-electron chi connectivity index (χ2n) is 6.10. The summed E-state index contributed by atoms with van der Waals surface area (Å²) in [7, 11) is 0. The van der Waals surface area contributed by atoms with E-state index in [2.05, 4.69) is 46.0 Å². The van der Waals surface area contributed by atoms with Crippen molar-refractivity contribution in [3.05, 3.63) is 42.1 Å². The molecule has 0 radical (unpaired) electrons. The van der Waals surface area contributed by atoms with Gasteiger partial charge in [-0.25, -0.2) is 5.06 Å². The molecule has 0 aliphatic carbocycles. The zero-order chi connectivity index (χ0) is 14.4. The SMILES string of the molecule is Cc1cccc(N2C[C@@H]3C[C@H]2CN3C2N=CC=CN2O)c1. The van der Waals surface area contributed by atoms with Gasteiger partial charge in [-0.2, -0.15) is 0 Å². The number of nitrogens with zero attached hydrogens (tertiary/aromatic N) is 4. The summed E-state index contributed by atoms with van der Waals surface area (Å²) in [6, 6.07) is 9.69. The van der Waals surface area contributed by atoms with E-state index in [0.29, 0.717) is 12.1 Å². The van der Waals surface area contributed by atoms with Gasteiger partial charge in [0.05, 0.1) is 0 Å². The van der Waals surface area contributed by atoms with Gasteiger partial charge in [-0.3, -0.25) is 15.1 Å². The summed E-state index contributed by atoms with van der Waals surface area (Å²) < 4.78 is 0. The molecule has 1 unspecified atom stereocenters. The molecule has 5 nitrogen and oxygen atoms in total. The Morgan fingerprint density at radius 2 is 2.14 bits per heavy atom. The van der Waals surface area contributed by atoms with Crippen molar-refractivity contribution in [2.75, 3.05) is 18.0 Å². The molecule has 1 aromatic carbocycles. The first-order chi connectivity index (χ1) is 10.2. The second kappa shape index (κ2) is 4.86. The average molecular weight is 284 g/mol. The molecule has 110 valence electrons. The highest BCUT2D eigenvalue weighted by Gasteiger charge is 2.46. The number of aryl methyl sites for hydroxylation is 1. The number of piperazine rings is 1. The topological polar surface area (TPSA) is 42.3 Å². The van der Waals surface area contributed by atoms with Gasteiger partial charge >= 0.3 is 0 Å². The fourth-order valence-corrected chi connectivity index (χ4v) is 3.74. The predicted molar refractivity (Wildman–Crippen MR) is 82.5 cm³/mol. The summed E-state index contributed by atoms with van der Waals surface area (Å²) in [6.07, 6.45) is 6.08. The number of hydroxylamine groups is 2. The molecular weight excluding hydrogens is 264 g/mol. The summed E-state index contributed by atoms with van der Waals surface area (Å²) in [6.45, 7) is 4.10. The summed E-state index contributed by atoms with van der Waals surface area (Å²) in [4.78, 5) is 9.20. The van der Waals surface area contributed by atoms with Crippen LogP contribution in [0.15, 0.2) is 41.5 Å². The van der Waals surface area contributed by atoms with Crippen LogP contribution in [0.4, 0.5) is 5.69 Å². The summed E-state index contributed by atoms with van der Waals surface area (Å²) in [5, 5.41) is 11.2. The number of likely N-dealkylation sites (tertiary alicyclic amines) is 1. The quantitative estimate of drug-likeness (QED) is 0.900. The van der Waals surface area contributed by atoms with Gasteiger partial charge in [0, 0.05) is 43.3 Å². The Morgan fingerprint density at radius 3 is 2.86 bits per heavy atom. The van der Waals surface area contributed by atoms with Crippen LogP contribution in [0, 0.1) is 6.92 Å². The van der Waals surface area contributed by atoms with Crippen LogP contribution in [0.25, 0.3) is 0 Å². The maximum atomic E-state index is 9.95. The number of hydrogen-bond acceptors (Lipinski definition) is 5. The van der Waals surface area contributed by atoms with Crippen molar-refractivity contribution in [1.29, 1.82) is 0 Å². The molecule has 1 N–H and O–H groups in total. The lowest BCUT2D eigenvalue weighted by atomic mass is 10.2. The van der Waals surface area contributed by atoms with Crippen LogP contribution in [-0.2, 0) is 0 Å². The highest BCUT2D eigenvalue weighted by molar-refractivity contribution is 5.71. The van der Waals surface area contributed by atoms with Crippen LogP contribution in [0.1, 0.15) is 12.0 Å². The molecule has 0 saturated carbocycles. The first kappa shape index (κ1) is 12.9. The normalized spacial score (nSPS) is 31.4. The molecule has 0 aromatic heterocycles. The van der Waals surface area contributed by atoms with Gasteiger partial charge in [-0.05, 0) is 37.1 Å². The Labute approximate surface area is 124 Å². The third-order valence-corrected chi connectivity index (χ3v) is 4.69. The lowest BCUT2D eigenvalue weighted by Crippen LogP contribution is -2.54. The molecular formula is C16H20N4O. The van der Waals surface area contributed by atoms with Gasteiger partial charge in [0.25, 0.3) is 0 Å². The molecule has 2 saturated heterocycles. The van der Waals surface area contributed by atoms with Crippen molar-refractivity contribution in [1.82, 2.24) is 9.96 Å². The largest absolute Gasteiger partial charge is 0.366 e. The molecule has 3 aliphatic heterocycles. The van der Waals surface area contributed by atoms with Gasteiger partial charge < -0.3 is 4.90 Å². The Morgan fingerprint density at radius 1 is 1.24 bits per heavy atom. The molecule has 21 heavy (non-hydrogen) atoms. The number of allylic oxidation sites excluding steroid dienone is 1. The van der Waals surface area contributed by atoms with Crippen LogP contribution in [0.2, 0.25) is 0 Å². The maximum Gasteiger partial charge on any atom is 0.201 e. The minimum atomic E-state index is -0.260. The second-order valence-corrected chi connectivity index (χ2v) is 6.10. The summed E-state index contributed by atoms with van der Waals surface area (Å²) in [5.74, 6) is 0. The number of aliphatic imine (C=N–C) groups is 1. The van der Waals surface area contributed by atoms with Gasteiger partial charge in [-0.15, -0.1) is 0 Å². The van der Waals surface area contributed by atoms with Crippen molar-refractivity contribution in [3.8, 4) is 0 Å². The Balaban J connectivity index is 1.51. The van der Waals surface area contributed by atoms with E-state index in [1.54, 1.807) is 18.5 Å². The van der Waals surface area contributed by atoms with Crippen molar-refractivity contribution in [2.24, 2.45) is 4.99 Å². The molecule has 3 heterocycles. The predicted octanol–water partition coefficient (Wildman–Crippen LogP) is 1.83.